The highest BCUT2D eigenvalue weighted by Crippen LogP contribution is 2.24. The number of hydrogen-bond acceptors (Lipinski definition) is 4. The number of nitrogens with one attached hydrogen (secondary N) is 1. The maximum Gasteiger partial charge on any atom is 0.258 e. The van der Waals surface area contributed by atoms with Crippen LogP contribution in [0.25, 0.3) is 0 Å². The van der Waals surface area contributed by atoms with Gasteiger partial charge in [-0.25, -0.2) is 13.4 Å². The Bertz CT molecular complexity index is 1070. The highest BCUT2D eigenvalue weighted by Gasteiger charge is 2.23. The third-order valence-electron chi connectivity index (χ3n) is 4.05. The molecule has 0 spiro atoms. The maximum absolute atomic E-state index is 12.9. The van der Waals surface area contributed by atoms with E-state index in [0.717, 1.165) is 5.56 Å². The molecule has 1 N–H and O–H groups in total. The van der Waals surface area contributed by atoms with Crippen molar-refractivity contribution in [1.82, 2.24) is 9.29 Å². The number of pyridine rings is 1. The summed E-state index contributed by atoms with van der Waals surface area (Å²) in [5, 5.41) is 2.75. The fourth-order valence-electron chi connectivity index (χ4n) is 2.56. The van der Waals surface area contributed by atoms with Crippen LogP contribution in [0.3, 0.4) is 0 Å². The lowest BCUT2D eigenvalue weighted by molar-refractivity contribution is 0.102. The van der Waals surface area contributed by atoms with Gasteiger partial charge in [-0.05, 0) is 35.9 Å². The van der Waals surface area contributed by atoms with Crippen molar-refractivity contribution in [2.45, 2.75) is 11.4 Å². The first kappa shape index (κ1) is 20.0. The fourth-order valence-corrected chi connectivity index (χ4v) is 3.95. The SMILES string of the molecule is CN(Cc1ccccc1)S(=O)(=O)c1ccc(Cl)c(C(=O)Nc2ccccn2)c1. The van der Waals surface area contributed by atoms with Crippen LogP contribution >= 0.6 is 11.6 Å². The minimum Gasteiger partial charge on any atom is -0.307 e. The summed E-state index contributed by atoms with van der Waals surface area (Å²) in [6.45, 7) is 0.210. The van der Waals surface area contributed by atoms with E-state index < -0.39 is 15.9 Å². The molecular weight excluding hydrogens is 398 g/mol. The first-order valence-corrected chi connectivity index (χ1v) is 10.2. The predicted octanol–water partition coefficient (Wildman–Crippen LogP) is 3.81. The molecule has 1 aromatic heterocycles. The second-order valence-electron chi connectivity index (χ2n) is 6.06. The van der Waals surface area contributed by atoms with Gasteiger partial charge in [-0.1, -0.05) is 48.0 Å². The van der Waals surface area contributed by atoms with Gasteiger partial charge in [0.2, 0.25) is 10.0 Å². The molecule has 0 aliphatic carbocycles. The lowest BCUT2D eigenvalue weighted by Gasteiger charge is -2.18. The average molecular weight is 416 g/mol. The van der Waals surface area contributed by atoms with E-state index in [2.05, 4.69) is 10.3 Å². The third kappa shape index (κ3) is 4.56. The molecule has 1 amide bonds. The Morgan fingerprint density at radius 1 is 1.07 bits per heavy atom. The monoisotopic (exact) mass is 415 g/mol. The van der Waals surface area contributed by atoms with Crippen LogP contribution in [0.5, 0.6) is 0 Å². The Hall–Kier alpha value is -2.74. The topological polar surface area (TPSA) is 79.4 Å². The summed E-state index contributed by atoms with van der Waals surface area (Å²) < 4.78 is 27.1. The van der Waals surface area contributed by atoms with Crippen molar-refractivity contribution < 1.29 is 13.2 Å². The number of carbonyl (C=O) groups excluding carboxylic acids is 1. The smallest absolute Gasteiger partial charge is 0.258 e. The van der Waals surface area contributed by atoms with Crippen molar-refractivity contribution >= 4 is 33.3 Å². The molecule has 0 saturated carbocycles. The number of halogens is 1. The lowest BCUT2D eigenvalue weighted by Crippen LogP contribution is -2.27. The van der Waals surface area contributed by atoms with Crippen molar-refractivity contribution in [3.8, 4) is 0 Å². The largest absolute Gasteiger partial charge is 0.307 e. The zero-order chi connectivity index (χ0) is 20.1. The van der Waals surface area contributed by atoms with Crippen LogP contribution < -0.4 is 5.32 Å². The van der Waals surface area contributed by atoms with Crippen LogP contribution in [-0.2, 0) is 16.6 Å². The van der Waals surface area contributed by atoms with Crippen molar-refractivity contribution in [2.24, 2.45) is 0 Å². The average Bonchev–Trinajstić information content (AvgIpc) is 2.69. The Morgan fingerprint density at radius 3 is 2.46 bits per heavy atom. The summed E-state index contributed by atoms with van der Waals surface area (Å²) >= 11 is 6.13. The first-order valence-electron chi connectivity index (χ1n) is 8.40. The number of hydrogen-bond donors (Lipinski definition) is 1. The number of aromatic nitrogens is 1. The Kier molecular flexibility index (Phi) is 6.08. The van der Waals surface area contributed by atoms with Crippen molar-refractivity contribution in [2.75, 3.05) is 12.4 Å². The van der Waals surface area contributed by atoms with Gasteiger partial charge in [0.25, 0.3) is 5.91 Å². The molecule has 3 aromatic rings. The summed E-state index contributed by atoms with van der Waals surface area (Å²) in [5.74, 6) is -0.190. The normalized spacial score (nSPS) is 11.4. The number of nitrogens with zero attached hydrogens (tertiary/aromatic N) is 2. The molecule has 0 aliphatic heterocycles. The van der Waals surface area contributed by atoms with Crippen LogP contribution in [-0.4, -0.2) is 30.7 Å². The van der Waals surface area contributed by atoms with Crippen molar-refractivity contribution in [3.63, 3.8) is 0 Å². The zero-order valence-corrected chi connectivity index (χ0v) is 16.6. The van der Waals surface area contributed by atoms with E-state index in [1.165, 1.54) is 35.7 Å². The number of anilines is 1. The zero-order valence-electron chi connectivity index (χ0n) is 15.0. The van der Waals surface area contributed by atoms with Crippen LogP contribution in [0.1, 0.15) is 15.9 Å². The fraction of sp³-hybridized carbons (Fsp3) is 0.100. The summed E-state index contributed by atoms with van der Waals surface area (Å²) in [6, 6.07) is 18.4. The predicted molar refractivity (Wildman–Crippen MR) is 109 cm³/mol. The summed E-state index contributed by atoms with van der Waals surface area (Å²) in [7, 11) is -2.31. The standard InChI is InChI=1S/C20H18ClN3O3S/c1-24(14-15-7-3-2-4-8-15)28(26,27)16-10-11-18(21)17(13-16)20(25)23-19-9-5-6-12-22-19/h2-13H,14H2,1H3,(H,22,23,25). The quantitative estimate of drug-likeness (QED) is 0.664. The minimum atomic E-state index is -3.80. The van der Waals surface area contributed by atoms with Gasteiger partial charge in [0.15, 0.2) is 0 Å². The van der Waals surface area contributed by atoms with E-state index in [1.807, 2.05) is 30.3 Å². The third-order valence-corrected chi connectivity index (χ3v) is 6.17. The molecule has 28 heavy (non-hydrogen) atoms. The Balaban J connectivity index is 1.86. The molecule has 0 radical (unpaired) electrons. The van der Waals surface area contributed by atoms with E-state index in [1.54, 1.807) is 18.2 Å². The van der Waals surface area contributed by atoms with Gasteiger partial charge in [0.1, 0.15) is 5.82 Å². The summed E-state index contributed by atoms with van der Waals surface area (Å²) in [4.78, 5) is 16.5. The lowest BCUT2D eigenvalue weighted by atomic mass is 10.2. The van der Waals surface area contributed by atoms with E-state index in [0.29, 0.717) is 5.82 Å². The van der Waals surface area contributed by atoms with Gasteiger partial charge >= 0.3 is 0 Å². The maximum atomic E-state index is 12.9. The molecule has 0 unspecified atom stereocenters. The van der Waals surface area contributed by atoms with Gasteiger partial charge in [0, 0.05) is 19.8 Å². The number of rotatable bonds is 6. The molecule has 1 heterocycles. The van der Waals surface area contributed by atoms with Gasteiger partial charge in [-0.2, -0.15) is 4.31 Å². The Morgan fingerprint density at radius 2 is 1.79 bits per heavy atom. The van der Waals surface area contributed by atoms with Crippen molar-refractivity contribution in [3.05, 3.63) is 89.1 Å². The molecule has 0 aliphatic rings. The van der Waals surface area contributed by atoms with Gasteiger partial charge in [-0.15, -0.1) is 0 Å². The van der Waals surface area contributed by atoms with Gasteiger partial charge in [-0.3, -0.25) is 4.79 Å². The van der Waals surface area contributed by atoms with E-state index in [4.69, 9.17) is 11.6 Å². The molecule has 6 nitrogen and oxygen atoms in total. The molecule has 8 heteroatoms. The van der Waals surface area contributed by atoms with E-state index in [9.17, 15) is 13.2 Å². The number of amides is 1. The number of benzene rings is 2. The van der Waals surface area contributed by atoms with E-state index >= 15 is 0 Å². The second-order valence-corrected chi connectivity index (χ2v) is 8.51. The number of sulfonamides is 1. The molecule has 3 rings (SSSR count). The Labute approximate surface area is 168 Å². The highest BCUT2D eigenvalue weighted by atomic mass is 35.5. The molecule has 0 fully saturated rings. The molecule has 2 aromatic carbocycles. The van der Waals surface area contributed by atoms with Crippen LogP contribution in [0.2, 0.25) is 5.02 Å². The van der Waals surface area contributed by atoms with Gasteiger partial charge in [0.05, 0.1) is 15.5 Å². The number of carbonyl (C=O) groups is 1. The van der Waals surface area contributed by atoms with Crippen LogP contribution in [0, 0.1) is 0 Å². The minimum absolute atomic E-state index is 0.0125. The van der Waals surface area contributed by atoms with E-state index in [-0.39, 0.29) is 22.0 Å². The van der Waals surface area contributed by atoms with Crippen LogP contribution in [0.4, 0.5) is 5.82 Å². The second kappa shape index (κ2) is 8.52. The molecule has 0 saturated heterocycles. The molecule has 144 valence electrons. The molecular formula is C20H18ClN3O3S. The highest BCUT2D eigenvalue weighted by molar-refractivity contribution is 7.89. The van der Waals surface area contributed by atoms with Gasteiger partial charge < -0.3 is 5.32 Å². The first-order chi connectivity index (χ1) is 13.4. The summed E-state index contributed by atoms with van der Waals surface area (Å²) in [5.41, 5.74) is 0.914. The summed E-state index contributed by atoms with van der Waals surface area (Å²) in [6.07, 6.45) is 1.54. The molecule has 0 atom stereocenters. The molecule has 0 bridgehead atoms. The van der Waals surface area contributed by atoms with Crippen LogP contribution in [0.15, 0.2) is 77.8 Å². The van der Waals surface area contributed by atoms with Crippen molar-refractivity contribution in [1.29, 1.82) is 0 Å².